The quantitative estimate of drug-likeness (QED) is 0.758. The van der Waals surface area contributed by atoms with E-state index in [9.17, 15) is 18.3 Å². The highest BCUT2D eigenvalue weighted by molar-refractivity contribution is 7.80. The minimum atomic E-state index is -4.72. The maximum atomic E-state index is 12.2. The summed E-state index contributed by atoms with van der Waals surface area (Å²) in [6.07, 6.45) is -4.72. The first kappa shape index (κ1) is 19.0. The lowest BCUT2D eigenvalue weighted by atomic mass is 10.2. The van der Waals surface area contributed by atoms with Gasteiger partial charge in [0.1, 0.15) is 5.75 Å². The van der Waals surface area contributed by atoms with Crippen LogP contribution in [0.25, 0.3) is 0 Å². The number of benzene rings is 2. The Kier molecular flexibility index (Phi) is 6.60. The molecule has 2 aromatic carbocycles. The third-order valence-electron chi connectivity index (χ3n) is 3.21. The van der Waals surface area contributed by atoms with E-state index < -0.39 is 6.36 Å². The largest absolute Gasteiger partial charge is 0.573 e. The molecule has 2 aromatic rings. The summed E-state index contributed by atoms with van der Waals surface area (Å²) in [5, 5.41) is 12.5. The molecule has 0 saturated carbocycles. The molecule has 0 aromatic heterocycles. The van der Waals surface area contributed by atoms with Crippen LogP contribution in [0.15, 0.2) is 54.6 Å². The highest BCUT2D eigenvalue weighted by Gasteiger charge is 2.30. The van der Waals surface area contributed by atoms with E-state index in [0.717, 1.165) is 5.56 Å². The monoisotopic (exact) mass is 370 g/mol. The van der Waals surface area contributed by atoms with Crippen molar-refractivity contribution in [1.82, 2.24) is 4.90 Å². The third kappa shape index (κ3) is 6.60. The molecule has 0 heterocycles. The first-order chi connectivity index (χ1) is 11.9. The van der Waals surface area contributed by atoms with Crippen molar-refractivity contribution in [3.05, 3.63) is 60.2 Å². The van der Waals surface area contributed by atoms with Gasteiger partial charge in [-0.15, -0.1) is 13.2 Å². The number of hydrogen-bond donors (Lipinski definition) is 2. The second kappa shape index (κ2) is 8.68. The van der Waals surface area contributed by atoms with E-state index in [1.54, 1.807) is 4.90 Å². The summed E-state index contributed by atoms with van der Waals surface area (Å²) in [4.78, 5) is 1.77. The fourth-order valence-corrected chi connectivity index (χ4v) is 2.39. The summed E-state index contributed by atoms with van der Waals surface area (Å²) in [5.41, 5.74) is 1.55. The van der Waals surface area contributed by atoms with Crippen LogP contribution >= 0.6 is 12.2 Å². The summed E-state index contributed by atoms with van der Waals surface area (Å²) in [6, 6.07) is 14.9. The van der Waals surface area contributed by atoms with E-state index in [1.165, 1.54) is 24.3 Å². The van der Waals surface area contributed by atoms with Crippen LogP contribution in [0.4, 0.5) is 18.9 Å². The zero-order valence-electron chi connectivity index (χ0n) is 13.2. The van der Waals surface area contributed by atoms with Crippen molar-refractivity contribution in [3.8, 4) is 5.75 Å². The first-order valence-corrected chi connectivity index (χ1v) is 7.85. The molecule has 0 atom stereocenters. The lowest BCUT2D eigenvalue weighted by molar-refractivity contribution is -0.274. The SMILES string of the molecule is OCCN(Cc1ccccc1)C(=S)Nc1ccc(OC(F)(F)F)cc1. The number of nitrogens with one attached hydrogen (secondary N) is 1. The Morgan fingerprint density at radius 2 is 1.72 bits per heavy atom. The third-order valence-corrected chi connectivity index (χ3v) is 3.57. The molecule has 2 rings (SSSR count). The van der Waals surface area contributed by atoms with Crippen LogP contribution in [0.3, 0.4) is 0 Å². The second-order valence-electron chi connectivity index (χ2n) is 5.13. The number of ether oxygens (including phenoxy) is 1. The van der Waals surface area contributed by atoms with Crippen molar-refractivity contribution in [3.63, 3.8) is 0 Å². The van der Waals surface area contributed by atoms with Crippen LogP contribution in [0, 0.1) is 0 Å². The molecule has 8 heteroatoms. The molecule has 0 fully saturated rings. The molecule has 0 saturated heterocycles. The van der Waals surface area contributed by atoms with E-state index in [1.807, 2.05) is 30.3 Å². The molecule has 0 aliphatic rings. The van der Waals surface area contributed by atoms with Gasteiger partial charge in [0.25, 0.3) is 0 Å². The van der Waals surface area contributed by atoms with Gasteiger partial charge < -0.3 is 20.1 Å². The summed E-state index contributed by atoms with van der Waals surface area (Å²) >= 11 is 5.34. The van der Waals surface area contributed by atoms with Gasteiger partial charge in [0.15, 0.2) is 5.11 Å². The number of aliphatic hydroxyl groups is 1. The van der Waals surface area contributed by atoms with Crippen LogP contribution in [-0.2, 0) is 6.54 Å². The van der Waals surface area contributed by atoms with Crippen molar-refractivity contribution < 1.29 is 23.0 Å². The van der Waals surface area contributed by atoms with E-state index in [0.29, 0.717) is 23.9 Å². The number of aliphatic hydroxyl groups excluding tert-OH is 1. The van der Waals surface area contributed by atoms with Gasteiger partial charge in [0.05, 0.1) is 6.61 Å². The predicted octanol–water partition coefficient (Wildman–Crippen LogP) is 3.78. The van der Waals surface area contributed by atoms with Crippen LogP contribution in [0.1, 0.15) is 5.56 Å². The van der Waals surface area contributed by atoms with Gasteiger partial charge in [0, 0.05) is 18.8 Å². The van der Waals surface area contributed by atoms with Crippen molar-refractivity contribution in [2.45, 2.75) is 12.9 Å². The van der Waals surface area contributed by atoms with Gasteiger partial charge in [-0.3, -0.25) is 0 Å². The molecule has 0 aliphatic heterocycles. The molecule has 0 aliphatic carbocycles. The molecule has 0 amide bonds. The fraction of sp³-hybridized carbons (Fsp3) is 0.235. The maximum absolute atomic E-state index is 12.2. The van der Waals surface area contributed by atoms with Crippen LogP contribution in [0.5, 0.6) is 5.75 Å². The van der Waals surface area contributed by atoms with Gasteiger partial charge in [-0.2, -0.15) is 0 Å². The van der Waals surface area contributed by atoms with Crippen molar-refractivity contribution >= 4 is 23.0 Å². The molecule has 0 radical (unpaired) electrons. The Morgan fingerprint density at radius 1 is 1.08 bits per heavy atom. The summed E-state index contributed by atoms with van der Waals surface area (Å²) in [7, 11) is 0. The van der Waals surface area contributed by atoms with E-state index in [-0.39, 0.29) is 12.4 Å². The number of hydrogen-bond acceptors (Lipinski definition) is 3. The molecule has 25 heavy (non-hydrogen) atoms. The Labute approximate surface area is 148 Å². The van der Waals surface area contributed by atoms with Crippen LogP contribution in [-0.4, -0.2) is 34.6 Å². The molecular formula is C17H17F3N2O2S. The van der Waals surface area contributed by atoms with Gasteiger partial charge in [-0.05, 0) is 42.0 Å². The Morgan fingerprint density at radius 3 is 2.28 bits per heavy atom. The van der Waals surface area contributed by atoms with Crippen molar-refractivity contribution in [1.29, 1.82) is 0 Å². The number of anilines is 1. The summed E-state index contributed by atoms with van der Waals surface area (Å²) in [5.74, 6) is -0.305. The molecule has 2 N–H and O–H groups in total. The summed E-state index contributed by atoms with van der Waals surface area (Å²) < 4.78 is 40.3. The summed E-state index contributed by atoms with van der Waals surface area (Å²) in [6.45, 7) is 0.755. The fourth-order valence-electron chi connectivity index (χ4n) is 2.12. The highest BCUT2D eigenvalue weighted by Crippen LogP contribution is 2.24. The van der Waals surface area contributed by atoms with E-state index in [4.69, 9.17) is 12.2 Å². The second-order valence-corrected chi connectivity index (χ2v) is 5.52. The molecule has 0 unspecified atom stereocenters. The standard InChI is InChI=1S/C17H17F3N2O2S/c18-17(19,20)24-15-8-6-14(7-9-15)21-16(25)22(10-11-23)12-13-4-2-1-3-5-13/h1-9,23H,10-12H2,(H,21,25). The molecule has 0 bridgehead atoms. The first-order valence-electron chi connectivity index (χ1n) is 7.44. The minimum absolute atomic E-state index is 0.0764. The predicted molar refractivity (Wildman–Crippen MR) is 93.3 cm³/mol. The number of thiocarbonyl (C=S) groups is 1. The van der Waals surface area contributed by atoms with Gasteiger partial charge in [-0.1, -0.05) is 30.3 Å². The van der Waals surface area contributed by atoms with Gasteiger partial charge in [-0.25, -0.2) is 0 Å². The highest BCUT2D eigenvalue weighted by atomic mass is 32.1. The zero-order valence-corrected chi connectivity index (χ0v) is 14.0. The smallest absolute Gasteiger partial charge is 0.406 e. The van der Waals surface area contributed by atoms with Crippen molar-refractivity contribution in [2.24, 2.45) is 0 Å². The maximum Gasteiger partial charge on any atom is 0.573 e. The Balaban J connectivity index is 2.00. The molecular weight excluding hydrogens is 353 g/mol. The average molecular weight is 370 g/mol. The van der Waals surface area contributed by atoms with Crippen LogP contribution < -0.4 is 10.1 Å². The zero-order chi connectivity index (χ0) is 18.3. The normalized spacial score (nSPS) is 11.0. The Hall–Kier alpha value is -2.32. The topological polar surface area (TPSA) is 44.7 Å². The van der Waals surface area contributed by atoms with Gasteiger partial charge in [0.2, 0.25) is 0 Å². The molecule has 4 nitrogen and oxygen atoms in total. The van der Waals surface area contributed by atoms with Crippen LogP contribution in [0.2, 0.25) is 0 Å². The van der Waals surface area contributed by atoms with Gasteiger partial charge >= 0.3 is 6.36 Å². The van der Waals surface area contributed by atoms with E-state index in [2.05, 4.69) is 10.1 Å². The molecule has 0 spiro atoms. The molecule has 134 valence electrons. The average Bonchev–Trinajstić information content (AvgIpc) is 2.56. The minimum Gasteiger partial charge on any atom is -0.406 e. The number of nitrogens with zero attached hydrogens (tertiary/aromatic N) is 1. The van der Waals surface area contributed by atoms with E-state index >= 15 is 0 Å². The Bertz CT molecular complexity index is 679. The lowest BCUT2D eigenvalue weighted by Gasteiger charge is -2.25. The van der Waals surface area contributed by atoms with Crippen molar-refractivity contribution in [2.75, 3.05) is 18.5 Å². The number of alkyl halides is 3. The number of halogens is 3. The number of rotatable bonds is 6. The lowest BCUT2D eigenvalue weighted by Crippen LogP contribution is -2.36.